The minimum Gasteiger partial charge on any atom is -0.388 e. The Balaban J connectivity index is 1.81. The van der Waals surface area contributed by atoms with Gasteiger partial charge in [-0.25, -0.2) is 0 Å². The maximum atomic E-state index is 10.3. The molecule has 0 unspecified atom stereocenters. The topological polar surface area (TPSA) is 41.5 Å². The lowest BCUT2D eigenvalue weighted by molar-refractivity contribution is -0.0616. The van der Waals surface area contributed by atoms with E-state index < -0.39 is 5.60 Å². The number of hydrogen-bond acceptors (Lipinski definition) is 4. The van der Waals surface area contributed by atoms with E-state index in [1.807, 2.05) is 11.3 Å². The van der Waals surface area contributed by atoms with E-state index in [-0.39, 0.29) is 5.41 Å². The lowest BCUT2D eigenvalue weighted by Crippen LogP contribution is -2.44. The van der Waals surface area contributed by atoms with Gasteiger partial charge in [-0.2, -0.15) is 0 Å². The van der Waals surface area contributed by atoms with Crippen LogP contribution in [0.2, 0.25) is 0 Å². The van der Waals surface area contributed by atoms with E-state index >= 15 is 0 Å². The Morgan fingerprint density at radius 3 is 2.58 bits per heavy atom. The van der Waals surface area contributed by atoms with Crippen LogP contribution < -0.4 is 5.32 Å². The van der Waals surface area contributed by atoms with Crippen molar-refractivity contribution in [3.8, 4) is 0 Å². The van der Waals surface area contributed by atoms with Crippen LogP contribution in [0.1, 0.15) is 43.4 Å². The Bertz CT molecular complexity index is 403. The van der Waals surface area contributed by atoms with Gasteiger partial charge >= 0.3 is 0 Å². The van der Waals surface area contributed by atoms with Crippen molar-refractivity contribution in [2.24, 2.45) is 0 Å². The summed E-state index contributed by atoms with van der Waals surface area (Å²) in [6, 6.07) is 4.40. The first-order valence-electron chi connectivity index (χ1n) is 6.99. The summed E-state index contributed by atoms with van der Waals surface area (Å²) >= 11 is 1.86. The van der Waals surface area contributed by atoms with Crippen LogP contribution >= 0.6 is 11.3 Å². The van der Waals surface area contributed by atoms with E-state index in [0.29, 0.717) is 19.8 Å². The smallest absolute Gasteiger partial charge is 0.0815 e. The molecule has 3 nitrogen and oxygen atoms in total. The highest BCUT2D eigenvalue weighted by molar-refractivity contribution is 7.12. The molecule has 0 bridgehead atoms. The van der Waals surface area contributed by atoms with Gasteiger partial charge in [0.05, 0.1) is 5.60 Å². The Morgan fingerprint density at radius 2 is 2.00 bits per heavy atom. The van der Waals surface area contributed by atoms with Crippen molar-refractivity contribution in [3.63, 3.8) is 0 Å². The van der Waals surface area contributed by atoms with Gasteiger partial charge in [-0.1, -0.05) is 20.8 Å². The Morgan fingerprint density at radius 1 is 1.32 bits per heavy atom. The number of aliphatic hydroxyl groups is 1. The van der Waals surface area contributed by atoms with Crippen LogP contribution in [-0.2, 0) is 16.7 Å². The first-order valence-corrected chi connectivity index (χ1v) is 7.81. The molecule has 0 radical (unpaired) electrons. The van der Waals surface area contributed by atoms with Crippen molar-refractivity contribution in [2.75, 3.05) is 19.8 Å². The number of nitrogens with one attached hydrogen (secondary N) is 1. The van der Waals surface area contributed by atoms with Crippen molar-refractivity contribution in [3.05, 3.63) is 21.9 Å². The molecule has 1 aromatic heterocycles. The highest BCUT2D eigenvalue weighted by Gasteiger charge is 2.29. The Labute approximate surface area is 120 Å². The summed E-state index contributed by atoms with van der Waals surface area (Å²) in [5, 5.41) is 13.7. The third-order valence-electron chi connectivity index (χ3n) is 3.58. The fourth-order valence-corrected chi connectivity index (χ4v) is 3.26. The highest BCUT2D eigenvalue weighted by atomic mass is 32.1. The van der Waals surface area contributed by atoms with Crippen LogP contribution in [0.5, 0.6) is 0 Å². The SMILES string of the molecule is CC(C)(C)c1ccc(CNCC2(O)CCOCC2)s1. The normalized spacial score (nSPS) is 19.6. The van der Waals surface area contributed by atoms with Gasteiger partial charge in [0.15, 0.2) is 0 Å². The zero-order valence-corrected chi connectivity index (χ0v) is 13.0. The molecule has 4 heteroatoms. The number of ether oxygens (including phenoxy) is 1. The van der Waals surface area contributed by atoms with Crippen LogP contribution in [0.25, 0.3) is 0 Å². The number of thiophene rings is 1. The van der Waals surface area contributed by atoms with Crippen LogP contribution in [0.15, 0.2) is 12.1 Å². The van der Waals surface area contributed by atoms with Crippen molar-refractivity contribution in [1.82, 2.24) is 5.32 Å². The molecule has 1 aliphatic rings. The predicted octanol–water partition coefficient (Wildman–Crippen LogP) is 2.68. The number of hydrogen-bond donors (Lipinski definition) is 2. The van der Waals surface area contributed by atoms with Crippen molar-refractivity contribution in [1.29, 1.82) is 0 Å². The maximum Gasteiger partial charge on any atom is 0.0815 e. The molecule has 1 fully saturated rings. The molecule has 2 rings (SSSR count). The molecule has 108 valence electrons. The van der Waals surface area contributed by atoms with E-state index in [4.69, 9.17) is 4.74 Å². The fourth-order valence-electron chi connectivity index (χ4n) is 2.22. The van der Waals surface area contributed by atoms with E-state index in [2.05, 4.69) is 38.2 Å². The van der Waals surface area contributed by atoms with Crippen molar-refractivity contribution < 1.29 is 9.84 Å². The standard InChI is InChI=1S/C15H25NO2S/c1-14(2,3)13-5-4-12(19-13)10-16-11-15(17)6-8-18-9-7-15/h4-5,16-17H,6-11H2,1-3H3. The quantitative estimate of drug-likeness (QED) is 0.892. The minimum absolute atomic E-state index is 0.224. The van der Waals surface area contributed by atoms with Crippen LogP contribution in [0.3, 0.4) is 0 Å². The summed E-state index contributed by atoms with van der Waals surface area (Å²) in [6.07, 6.45) is 1.47. The average Bonchev–Trinajstić information content (AvgIpc) is 2.78. The lowest BCUT2D eigenvalue weighted by Gasteiger charge is -2.32. The Kier molecular flexibility index (Phi) is 4.66. The van der Waals surface area contributed by atoms with Crippen LogP contribution in [-0.4, -0.2) is 30.5 Å². The van der Waals surface area contributed by atoms with Gasteiger partial charge in [0.25, 0.3) is 0 Å². The van der Waals surface area contributed by atoms with Crippen molar-refractivity contribution >= 4 is 11.3 Å². The molecule has 0 spiro atoms. The van der Waals surface area contributed by atoms with Gasteiger partial charge in [-0.3, -0.25) is 0 Å². The zero-order valence-electron chi connectivity index (χ0n) is 12.2. The second kappa shape index (κ2) is 5.92. The Hall–Kier alpha value is -0.420. The van der Waals surface area contributed by atoms with Gasteiger partial charge in [0.1, 0.15) is 0 Å². The molecule has 19 heavy (non-hydrogen) atoms. The average molecular weight is 283 g/mol. The highest BCUT2D eigenvalue weighted by Crippen LogP contribution is 2.29. The second-order valence-corrected chi connectivity index (χ2v) is 7.62. The van der Waals surface area contributed by atoms with E-state index in [9.17, 15) is 5.11 Å². The van der Waals surface area contributed by atoms with Gasteiger partial charge in [0.2, 0.25) is 0 Å². The molecule has 0 amide bonds. The first kappa shape index (κ1) is 15.0. The van der Waals surface area contributed by atoms with E-state index in [0.717, 1.165) is 19.4 Å². The molecule has 0 aromatic carbocycles. The third-order valence-corrected chi connectivity index (χ3v) is 5.09. The fraction of sp³-hybridized carbons (Fsp3) is 0.733. The van der Waals surface area contributed by atoms with Crippen LogP contribution in [0, 0.1) is 0 Å². The second-order valence-electron chi connectivity index (χ2n) is 6.46. The molecule has 0 aliphatic carbocycles. The van der Waals surface area contributed by atoms with Crippen molar-refractivity contribution in [2.45, 2.75) is 51.2 Å². The summed E-state index contributed by atoms with van der Waals surface area (Å²) in [6.45, 7) is 9.54. The van der Waals surface area contributed by atoms with Gasteiger partial charge in [-0.05, 0) is 17.5 Å². The molecular formula is C15H25NO2S. The summed E-state index contributed by atoms with van der Waals surface area (Å²) in [4.78, 5) is 2.75. The van der Waals surface area contributed by atoms with E-state index in [1.165, 1.54) is 9.75 Å². The zero-order chi connectivity index (χ0) is 13.9. The number of rotatable bonds is 4. The monoisotopic (exact) mass is 283 g/mol. The molecule has 1 aromatic rings. The predicted molar refractivity (Wildman–Crippen MR) is 79.7 cm³/mol. The van der Waals surface area contributed by atoms with Gasteiger partial charge < -0.3 is 15.2 Å². The molecule has 1 aliphatic heterocycles. The molecule has 1 saturated heterocycles. The van der Waals surface area contributed by atoms with Crippen LogP contribution in [0.4, 0.5) is 0 Å². The van der Waals surface area contributed by atoms with E-state index in [1.54, 1.807) is 0 Å². The summed E-state index contributed by atoms with van der Waals surface area (Å²) in [5.74, 6) is 0. The largest absolute Gasteiger partial charge is 0.388 e. The molecular weight excluding hydrogens is 258 g/mol. The molecule has 2 heterocycles. The summed E-state index contributed by atoms with van der Waals surface area (Å²) in [7, 11) is 0. The maximum absolute atomic E-state index is 10.3. The minimum atomic E-state index is -0.581. The lowest BCUT2D eigenvalue weighted by atomic mass is 9.94. The van der Waals surface area contributed by atoms with Gasteiger partial charge in [-0.15, -0.1) is 11.3 Å². The summed E-state index contributed by atoms with van der Waals surface area (Å²) in [5.41, 5.74) is -0.357. The molecule has 0 atom stereocenters. The van der Waals surface area contributed by atoms with Gasteiger partial charge in [0, 0.05) is 48.9 Å². The third kappa shape index (κ3) is 4.28. The molecule has 0 saturated carbocycles. The molecule has 2 N–H and O–H groups in total. The first-order chi connectivity index (χ1) is 8.89. The summed E-state index contributed by atoms with van der Waals surface area (Å²) < 4.78 is 5.28.